The van der Waals surface area contributed by atoms with E-state index in [2.05, 4.69) is 18.0 Å². The van der Waals surface area contributed by atoms with Crippen molar-refractivity contribution in [2.75, 3.05) is 0 Å². The summed E-state index contributed by atoms with van der Waals surface area (Å²) in [5.74, 6) is 0. The van der Waals surface area contributed by atoms with Crippen molar-refractivity contribution in [1.29, 1.82) is 0 Å². The molecule has 1 aromatic carbocycles. The summed E-state index contributed by atoms with van der Waals surface area (Å²) in [7, 11) is 0. The molecule has 1 heterocycles. The Kier molecular flexibility index (Phi) is 2.46. The van der Waals surface area contributed by atoms with Crippen LogP contribution in [0.25, 0.3) is 10.9 Å². The molecule has 1 aliphatic carbocycles. The number of aromatic nitrogens is 1. The summed E-state index contributed by atoms with van der Waals surface area (Å²) in [4.78, 5) is 3.44. The molecule has 0 radical (unpaired) electrons. The van der Waals surface area contributed by atoms with Crippen LogP contribution in [0.4, 0.5) is 0 Å². The highest BCUT2D eigenvalue weighted by atomic mass is 35.5. The van der Waals surface area contributed by atoms with Crippen LogP contribution in [0.3, 0.4) is 0 Å². The van der Waals surface area contributed by atoms with E-state index in [0.717, 1.165) is 23.4 Å². The van der Waals surface area contributed by atoms with Gasteiger partial charge in [0.05, 0.1) is 10.5 Å². The number of aromatic amines is 1. The van der Waals surface area contributed by atoms with Gasteiger partial charge in [-0.05, 0) is 44.2 Å². The second-order valence-corrected chi connectivity index (χ2v) is 5.66. The molecule has 0 unspecified atom stereocenters. The first-order valence-electron chi connectivity index (χ1n) is 6.14. The summed E-state index contributed by atoms with van der Waals surface area (Å²) >= 11 is 6.19. The fourth-order valence-electron chi connectivity index (χ4n) is 2.41. The molecular weight excluding hydrogens is 232 g/mol. The number of H-pyrrole nitrogens is 1. The van der Waals surface area contributed by atoms with Gasteiger partial charge in [0, 0.05) is 16.6 Å². The predicted molar refractivity (Wildman–Crippen MR) is 72.5 cm³/mol. The van der Waals surface area contributed by atoms with Gasteiger partial charge in [0.25, 0.3) is 0 Å². The Labute approximate surface area is 106 Å². The van der Waals surface area contributed by atoms with Crippen LogP contribution < -0.4 is 5.73 Å². The molecule has 1 saturated carbocycles. The number of rotatable bonds is 3. The molecule has 3 heteroatoms. The van der Waals surface area contributed by atoms with Crippen molar-refractivity contribution in [1.82, 2.24) is 4.98 Å². The van der Waals surface area contributed by atoms with Gasteiger partial charge >= 0.3 is 0 Å². The molecule has 0 amide bonds. The Hall–Kier alpha value is -0.990. The average Bonchev–Trinajstić information content (AvgIpc) is 2.95. The third kappa shape index (κ3) is 1.96. The fraction of sp³-hybridized carbons (Fsp3) is 0.429. The van der Waals surface area contributed by atoms with E-state index in [1.807, 2.05) is 12.1 Å². The van der Waals surface area contributed by atoms with Crippen LogP contribution in [0.5, 0.6) is 0 Å². The first-order valence-corrected chi connectivity index (χ1v) is 6.51. The third-order valence-electron chi connectivity index (χ3n) is 3.91. The van der Waals surface area contributed by atoms with E-state index < -0.39 is 0 Å². The van der Waals surface area contributed by atoms with Gasteiger partial charge in [-0.2, -0.15) is 0 Å². The monoisotopic (exact) mass is 248 g/mol. The number of hydrogen-bond acceptors (Lipinski definition) is 1. The number of nitrogens with two attached hydrogens (primary N) is 1. The molecule has 0 bridgehead atoms. The lowest BCUT2D eigenvalue weighted by Crippen LogP contribution is -2.22. The maximum Gasteiger partial charge on any atom is 0.0648 e. The lowest BCUT2D eigenvalue weighted by molar-refractivity contribution is 0.604. The zero-order valence-corrected chi connectivity index (χ0v) is 10.8. The van der Waals surface area contributed by atoms with E-state index >= 15 is 0 Å². The molecule has 3 rings (SSSR count). The zero-order valence-electron chi connectivity index (χ0n) is 10.0. The van der Waals surface area contributed by atoms with Crippen LogP contribution >= 0.6 is 11.6 Å². The number of halogens is 1. The van der Waals surface area contributed by atoms with Gasteiger partial charge in [-0.3, -0.25) is 0 Å². The molecule has 0 spiro atoms. The van der Waals surface area contributed by atoms with Gasteiger partial charge in [0.2, 0.25) is 0 Å². The normalized spacial score (nSPS) is 17.6. The van der Waals surface area contributed by atoms with E-state index in [1.54, 1.807) is 0 Å². The molecule has 3 N–H and O–H groups in total. The quantitative estimate of drug-likeness (QED) is 0.857. The lowest BCUT2D eigenvalue weighted by atomic mass is 10.1. The van der Waals surface area contributed by atoms with Gasteiger partial charge in [0.1, 0.15) is 0 Å². The molecule has 0 atom stereocenters. The minimum atomic E-state index is 0.119. The Morgan fingerprint density at radius 1 is 1.41 bits per heavy atom. The number of hydrogen-bond donors (Lipinski definition) is 2. The van der Waals surface area contributed by atoms with Crippen LogP contribution in [-0.4, -0.2) is 10.5 Å². The second kappa shape index (κ2) is 3.76. The molecule has 2 nitrogen and oxygen atoms in total. The fourth-order valence-corrected chi connectivity index (χ4v) is 2.63. The zero-order chi connectivity index (χ0) is 12.0. The second-order valence-electron chi connectivity index (χ2n) is 5.25. The smallest absolute Gasteiger partial charge is 0.0648 e. The molecule has 1 aliphatic rings. The SMILES string of the molecule is Cc1c(CCC2(N)CC2)[nH]c2c(Cl)cccc12. The van der Waals surface area contributed by atoms with Crippen molar-refractivity contribution in [2.24, 2.45) is 5.73 Å². The summed E-state index contributed by atoms with van der Waals surface area (Å²) in [5, 5.41) is 2.03. The van der Waals surface area contributed by atoms with Gasteiger partial charge in [-0.1, -0.05) is 23.7 Å². The van der Waals surface area contributed by atoms with Crippen molar-refractivity contribution >= 4 is 22.5 Å². The maximum atomic E-state index is 6.19. The highest BCUT2D eigenvalue weighted by molar-refractivity contribution is 6.35. The van der Waals surface area contributed by atoms with Crippen LogP contribution in [0.2, 0.25) is 5.02 Å². The summed E-state index contributed by atoms with van der Waals surface area (Å²) in [6.45, 7) is 2.15. The van der Waals surface area contributed by atoms with E-state index in [0.29, 0.717) is 0 Å². The molecule has 0 aliphatic heterocycles. The van der Waals surface area contributed by atoms with Crippen molar-refractivity contribution in [2.45, 2.75) is 38.1 Å². The number of aryl methyl sites for hydroxylation is 2. The Bertz CT molecular complexity index is 567. The summed E-state index contributed by atoms with van der Waals surface area (Å²) in [6, 6.07) is 6.04. The van der Waals surface area contributed by atoms with Crippen LogP contribution in [0, 0.1) is 6.92 Å². The van der Waals surface area contributed by atoms with E-state index in [4.69, 9.17) is 17.3 Å². The highest BCUT2D eigenvalue weighted by Gasteiger charge is 2.37. The Morgan fingerprint density at radius 3 is 2.82 bits per heavy atom. The minimum absolute atomic E-state index is 0.119. The molecule has 0 saturated heterocycles. The van der Waals surface area contributed by atoms with Crippen molar-refractivity contribution in [3.05, 3.63) is 34.5 Å². The maximum absolute atomic E-state index is 6.19. The molecular formula is C14H17ClN2. The van der Waals surface area contributed by atoms with Crippen molar-refractivity contribution in [3.8, 4) is 0 Å². The molecule has 90 valence electrons. The predicted octanol–water partition coefficient (Wildman–Crippen LogP) is 3.55. The van der Waals surface area contributed by atoms with Gasteiger partial charge in [-0.25, -0.2) is 0 Å². The van der Waals surface area contributed by atoms with Crippen molar-refractivity contribution < 1.29 is 0 Å². The van der Waals surface area contributed by atoms with E-state index in [1.165, 1.54) is 29.5 Å². The van der Waals surface area contributed by atoms with E-state index in [9.17, 15) is 0 Å². The molecule has 2 aromatic rings. The number of para-hydroxylation sites is 1. The summed E-state index contributed by atoms with van der Waals surface area (Å²) < 4.78 is 0. The van der Waals surface area contributed by atoms with Gasteiger partial charge < -0.3 is 10.7 Å². The first-order chi connectivity index (χ1) is 8.09. The molecule has 1 fully saturated rings. The number of nitrogens with one attached hydrogen (secondary N) is 1. The highest BCUT2D eigenvalue weighted by Crippen LogP contribution is 2.37. The van der Waals surface area contributed by atoms with Crippen LogP contribution in [-0.2, 0) is 6.42 Å². The largest absolute Gasteiger partial charge is 0.357 e. The molecule has 17 heavy (non-hydrogen) atoms. The summed E-state index contributed by atoms with van der Waals surface area (Å²) in [5.41, 5.74) is 9.90. The van der Waals surface area contributed by atoms with Crippen molar-refractivity contribution in [3.63, 3.8) is 0 Å². The topological polar surface area (TPSA) is 41.8 Å². The standard InChI is InChI=1S/C14H17ClN2/c1-9-10-3-2-4-11(15)13(10)17-12(9)5-6-14(16)7-8-14/h2-4,17H,5-8,16H2,1H3. The van der Waals surface area contributed by atoms with Crippen LogP contribution in [0.1, 0.15) is 30.5 Å². The number of fused-ring (bicyclic) bond motifs is 1. The molecule has 1 aromatic heterocycles. The number of benzene rings is 1. The average molecular weight is 249 g/mol. The minimum Gasteiger partial charge on any atom is -0.357 e. The van der Waals surface area contributed by atoms with Crippen LogP contribution in [0.15, 0.2) is 18.2 Å². The lowest BCUT2D eigenvalue weighted by Gasteiger charge is -2.07. The first kappa shape index (κ1) is 11.1. The van der Waals surface area contributed by atoms with E-state index in [-0.39, 0.29) is 5.54 Å². The third-order valence-corrected chi connectivity index (χ3v) is 4.23. The Balaban J connectivity index is 1.94. The Morgan fingerprint density at radius 2 is 2.18 bits per heavy atom. The van der Waals surface area contributed by atoms with Gasteiger partial charge in [-0.15, -0.1) is 0 Å². The van der Waals surface area contributed by atoms with Gasteiger partial charge in [0.15, 0.2) is 0 Å². The summed E-state index contributed by atoms with van der Waals surface area (Å²) in [6.07, 6.45) is 4.44.